The molecule has 1 atom stereocenters. The topological polar surface area (TPSA) is 87.5 Å². The maximum atomic E-state index is 12.0. The van der Waals surface area contributed by atoms with Gasteiger partial charge in [-0.25, -0.2) is 4.79 Å². The Morgan fingerprint density at radius 3 is 2.63 bits per heavy atom. The average molecular weight is 268 g/mol. The summed E-state index contributed by atoms with van der Waals surface area (Å²) in [5.74, 6) is -1.51. The van der Waals surface area contributed by atoms with Crippen LogP contribution in [0.1, 0.15) is 19.5 Å². The van der Waals surface area contributed by atoms with Crippen molar-refractivity contribution in [1.82, 2.24) is 14.7 Å². The van der Waals surface area contributed by atoms with Crippen molar-refractivity contribution in [3.8, 4) is 0 Å². The van der Waals surface area contributed by atoms with Gasteiger partial charge < -0.3 is 15.3 Å². The van der Waals surface area contributed by atoms with Crippen LogP contribution in [0, 0.1) is 12.8 Å². The third-order valence-electron chi connectivity index (χ3n) is 2.84. The molecule has 0 saturated heterocycles. The third-order valence-corrected chi connectivity index (χ3v) is 2.84. The van der Waals surface area contributed by atoms with Crippen LogP contribution in [0.3, 0.4) is 0 Å². The molecule has 0 spiro atoms. The number of anilines is 1. The van der Waals surface area contributed by atoms with Gasteiger partial charge in [0.05, 0.1) is 17.3 Å². The summed E-state index contributed by atoms with van der Waals surface area (Å²) in [6, 6.07) is -0.313. The van der Waals surface area contributed by atoms with Gasteiger partial charge in [0.1, 0.15) is 0 Å². The molecule has 19 heavy (non-hydrogen) atoms. The lowest BCUT2D eigenvalue weighted by molar-refractivity contribution is -0.141. The van der Waals surface area contributed by atoms with Crippen LogP contribution in [0.15, 0.2) is 6.20 Å². The minimum absolute atomic E-state index is 0.178. The quantitative estimate of drug-likeness (QED) is 0.842. The zero-order valence-corrected chi connectivity index (χ0v) is 11.7. The molecule has 1 aromatic heterocycles. The summed E-state index contributed by atoms with van der Waals surface area (Å²) in [5, 5.41) is 15.7. The molecule has 1 rings (SSSR count). The number of hydrogen-bond donors (Lipinski definition) is 2. The smallest absolute Gasteiger partial charge is 0.321 e. The molecule has 0 aliphatic heterocycles. The highest BCUT2D eigenvalue weighted by Crippen LogP contribution is 2.12. The molecule has 0 aromatic carbocycles. The molecule has 2 amide bonds. The number of carbonyl (C=O) groups is 2. The summed E-state index contributed by atoms with van der Waals surface area (Å²) in [5.41, 5.74) is 1.35. The molecule has 0 radical (unpaired) electrons. The highest BCUT2D eigenvalue weighted by Gasteiger charge is 2.20. The molecule has 106 valence electrons. The molecule has 1 heterocycles. The van der Waals surface area contributed by atoms with E-state index in [9.17, 15) is 9.59 Å². The zero-order valence-electron chi connectivity index (χ0n) is 11.7. The van der Waals surface area contributed by atoms with Crippen molar-refractivity contribution in [1.29, 1.82) is 0 Å². The molecule has 1 aromatic rings. The first kappa shape index (κ1) is 15.0. The predicted molar refractivity (Wildman–Crippen MR) is 71.0 cm³/mol. The lowest BCUT2D eigenvalue weighted by atomic mass is 10.2. The second-order valence-corrected chi connectivity index (χ2v) is 4.51. The maximum Gasteiger partial charge on any atom is 0.321 e. The largest absolute Gasteiger partial charge is 0.481 e. The van der Waals surface area contributed by atoms with Gasteiger partial charge in [-0.15, -0.1) is 0 Å². The summed E-state index contributed by atoms with van der Waals surface area (Å²) in [4.78, 5) is 24.3. The molecule has 0 fully saturated rings. The fraction of sp³-hybridized carbons (Fsp3) is 0.583. The van der Waals surface area contributed by atoms with Gasteiger partial charge in [0.25, 0.3) is 0 Å². The normalized spacial score (nSPS) is 12.0. The van der Waals surface area contributed by atoms with E-state index in [1.165, 1.54) is 4.90 Å². The van der Waals surface area contributed by atoms with Crippen LogP contribution in [0.2, 0.25) is 0 Å². The van der Waals surface area contributed by atoms with E-state index in [2.05, 4.69) is 10.4 Å². The van der Waals surface area contributed by atoms with Gasteiger partial charge in [0, 0.05) is 26.3 Å². The minimum atomic E-state index is -0.913. The number of carbonyl (C=O) groups excluding carboxylic acids is 1. The van der Waals surface area contributed by atoms with Gasteiger partial charge in [0.2, 0.25) is 0 Å². The van der Waals surface area contributed by atoms with Crippen molar-refractivity contribution in [3.05, 3.63) is 11.9 Å². The van der Waals surface area contributed by atoms with E-state index in [-0.39, 0.29) is 12.6 Å². The Kier molecular flexibility index (Phi) is 4.91. The van der Waals surface area contributed by atoms with Gasteiger partial charge in [0.15, 0.2) is 0 Å². The van der Waals surface area contributed by atoms with Crippen LogP contribution < -0.4 is 5.32 Å². The number of aryl methyl sites for hydroxylation is 2. The van der Waals surface area contributed by atoms with E-state index in [1.54, 1.807) is 31.8 Å². The maximum absolute atomic E-state index is 12.0. The lowest BCUT2D eigenvalue weighted by Gasteiger charge is -2.23. The number of nitrogens with one attached hydrogen (secondary N) is 1. The first-order chi connectivity index (χ1) is 8.85. The predicted octanol–water partition coefficient (Wildman–Crippen LogP) is 1.30. The number of carboxylic acid groups (broad SMARTS) is 1. The highest BCUT2D eigenvalue weighted by molar-refractivity contribution is 5.90. The summed E-state index contributed by atoms with van der Waals surface area (Å²) >= 11 is 0. The highest BCUT2D eigenvalue weighted by atomic mass is 16.4. The van der Waals surface area contributed by atoms with Gasteiger partial charge in [-0.2, -0.15) is 5.10 Å². The monoisotopic (exact) mass is 268 g/mol. The molecular formula is C12H20N4O3. The van der Waals surface area contributed by atoms with Gasteiger partial charge in [-0.3, -0.25) is 9.48 Å². The van der Waals surface area contributed by atoms with Crippen LogP contribution in [0.4, 0.5) is 10.5 Å². The summed E-state index contributed by atoms with van der Waals surface area (Å²) in [6.07, 6.45) is 1.71. The Morgan fingerprint density at radius 2 is 2.21 bits per heavy atom. The number of rotatable bonds is 5. The van der Waals surface area contributed by atoms with Crippen LogP contribution in [-0.2, 0) is 11.8 Å². The fourth-order valence-corrected chi connectivity index (χ4v) is 1.68. The Hall–Kier alpha value is -2.05. The van der Waals surface area contributed by atoms with Crippen molar-refractivity contribution in [3.63, 3.8) is 0 Å². The second-order valence-electron chi connectivity index (χ2n) is 4.51. The minimum Gasteiger partial charge on any atom is -0.481 e. The first-order valence-corrected chi connectivity index (χ1v) is 6.14. The van der Waals surface area contributed by atoms with E-state index < -0.39 is 11.9 Å². The average Bonchev–Trinajstić information content (AvgIpc) is 2.64. The molecule has 7 nitrogen and oxygen atoms in total. The van der Waals surface area contributed by atoms with Crippen molar-refractivity contribution in [2.75, 3.05) is 18.4 Å². The van der Waals surface area contributed by atoms with E-state index in [0.29, 0.717) is 12.2 Å². The molecule has 2 N–H and O–H groups in total. The van der Waals surface area contributed by atoms with Crippen LogP contribution in [-0.4, -0.2) is 44.9 Å². The van der Waals surface area contributed by atoms with E-state index in [1.807, 2.05) is 6.92 Å². The summed E-state index contributed by atoms with van der Waals surface area (Å²) < 4.78 is 1.61. The summed E-state index contributed by atoms with van der Waals surface area (Å²) in [7, 11) is 1.77. The Labute approximate surface area is 112 Å². The zero-order chi connectivity index (χ0) is 14.6. The van der Waals surface area contributed by atoms with Gasteiger partial charge >= 0.3 is 12.0 Å². The van der Waals surface area contributed by atoms with Crippen molar-refractivity contribution in [2.45, 2.75) is 20.8 Å². The molecule has 0 aliphatic rings. The first-order valence-electron chi connectivity index (χ1n) is 6.14. The van der Waals surface area contributed by atoms with Crippen LogP contribution >= 0.6 is 0 Å². The van der Waals surface area contributed by atoms with Crippen molar-refractivity contribution >= 4 is 17.7 Å². The molecule has 1 unspecified atom stereocenters. The molecular weight excluding hydrogens is 248 g/mol. The molecule has 7 heteroatoms. The van der Waals surface area contributed by atoms with Gasteiger partial charge in [-0.05, 0) is 13.8 Å². The van der Waals surface area contributed by atoms with E-state index in [4.69, 9.17) is 5.11 Å². The number of urea groups is 1. The van der Waals surface area contributed by atoms with Crippen molar-refractivity contribution < 1.29 is 14.7 Å². The fourth-order valence-electron chi connectivity index (χ4n) is 1.68. The SMILES string of the molecule is CCN(CC(C)C(=O)O)C(=O)Nc1cn(C)nc1C. The Morgan fingerprint density at radius 1 is 1.58 bits per heavy atom. The number of aliphatic carboxylic acids is 1. The summed E-state index contributed by atoms with van der Waals surface area (Å²) in [6.45, 7) is 5.81. The van der Waals surface area contributed by atoms with Crippen LogP contribution in [0.25, 0.3) is 0 Å². The number of carboxylic acids is 1. The number of nitrogens with zero attached hydrogens (tertiary/aromatic N) is 3. The number of hydrogen-bond acceptors (Lipinski definition) is 3. The number of amides is 2. The second kappa shape index (κ2) is 6.21. The van der Waals surface area contributed by atoms with Gasteiger partial charge in [-0.1, -0.05) is 6.92 Å². The Balaban J connectivity index is 2.69. The molecule has 0 saturated carbocycles. The van der Waals surface area contributed by atoms with E-state index >= 15 is 0 Å². The standard InChI is InChI=1S/C12H20N4O3/c1-5-16(6-8(2)11(17)18)12(19)13-10-7-15(4)14-9(10)3/h7-8H,5-6H2,1-4H3,(H,13,19)(H,17,18). The number of aromatic nitrogens is 2. The van der Waals surface area contributed by atoms with Crippen molar-refractivity contribution in [2.24, 2.45) is 13.0 Å². The molecule has 0 bridgehead atoms. The Bertz CT molecular complexity index is 470. The third kappa shape index (κ3) is 3.97. The lowest BCUT2D eigenvalue weighted by Crippen LogP contribution is -2.39. The molecule has 0 aliphatic carbocycles. The van der Waals surface area contributed by atoms with Crippen LogP contribution in [0.5, 0.6) is 0 Å². The van der Waals surface area contributed by atoms with E-state index in [0.717, 1.165) is 5.69 Å².